The maximum absolute atomic E-state index is 10.8. The summed E-state index contributed by atoms with van der Waals surface area (Å²) in [6.45, 7) is 1.40. The first-order chi connectivity index (χ1) is 11.2. The normalized spacial score (nSPS) is 9.87. The van der Waals surface area contributed by atoms with Gasteiger partial charge in [-0.25, -0.2) is 4.98 Å². The minimum Gasteiger partial charge on any atom is -0.481 e. The molecule has 0 aliphatic rings. The number of hydrogen-bond donors (Lipinski definition) is 3. The number of nitrogens with two attached hydrogens (primary N) is 2. The van der Waals surface area contributed by atoms with Crippen molar-refractivity contribution in [2.45, 2.75) is 25.7 Å². The Bertz CT molecular complexity index is 613. The van der Waals surface area contributed by atoms with Crippen molar-refractivity contribution in [3.05, 3.63) is 58.1 Å². The summed E-state index contributed by atoms with van der Waals surface area (Å²) in [5.74, 6) is 0.671. The molecule has 0 amide bonds. The number of nitrogens with zero attached hydrogens (tertiary/aromatic N) is 1. The van der Waals surface area contributed by atoms with Crippen LogP contribution in [0.3, 0.4) is 0 Å². The number of aromatic nitrogens is 2. The first kappa shape index (κ1) is 18.9. The van der Waals surface area contributed by atoms with E-state index in [1.165, 1.54) is 5.56 Å². The topological polar surface area (TPSA) is 107 Å². The second-order valence-corrected chi connectivity index (χ2v) is 5.05. The van der Waals surface area contributed by atoms with Crippen LogP contribution in [0.2, 0.25) is 0 Å². The molecule has 2 rings (SSSR count). The fourth-order valence-electron chi connectivity index (χ4n) is 1.97. The Morgan fingerprint density at radius 1 is 1.09 bits per heavy atom. The van der Waals surface area contributed by atoms with Crippen LogP contribution in [0.15, 0.2) is 41.5 Å². The number of nitrogens with one attached hydrogen (secondary N) is 1. The molecule has 6 heteroatoms. The van der Waals surface area contributed by atoms with Gasteiger partial charge in [-0.05, 0) is 62.0 Å². The third kappa shape index (κ3) is 8.13. The van der Waals surface area contributed by atoms with Crippen molar-refractivity contribution in [1.29, 1.82) is 0 Å². The highest BCUT2D eigenvalue weighted by Gasteiger charge is 1.95. The molecule has 5 N–H and O–H groups in total. The van der Waals surface area contributed by atoms with Gasteiger partial charge in [0, 0.05) is 24.5 Å². The lowest BCUT2D eigenvalue weighted by molar-refractivity contribution is 0.397. The zero-order chi connectivity index (χ0) is 16.9. The molecular weight excluding hydrogens is 292 g/mol. The molecule has 0 bridgehead atoms. The van der Waals surface area contributed by atoms with Crippen LogP contribution < -0.4 is 21.8 Å². The zero-order valence-corrected chi connectivity index (χ0v) is 13.6. The number of aryl methyl sites for hydroxylation is 2. The summed E-state index contributed by atoms with van der Waals surface area (Å²) in [4.78, 5) is 17.3. The number of methoxy groups -OCH3 is 1. The molecular formula is C17H26N4O2. The molecule has 0 radical (unpaired) electrons. The summed E-state index contributed by atoms with van der Waals surface area (Å²) in [5, 5.41) is 0. The monoisotopic (exact) mass is 318 g/mol. The second-order valence-electron chi connectivity index (χ2n) is 5.05. The van der Waals surface area contributed by atoms with Crippen LogP contribution in [0, 0.1) is 0 Å². The van der Waals surface area contributed by atoms with Crippen molar-refractivity contribution in [2.75, 3.05) is 20.2 Å². The third-order valence-electron chi connectivity index (χ3n) is 3.19. The smallest absolute Gasteiger partial charge is 0.248 e. The summed E-state index contributed by atoms with van der Waals surface area (Å²) in [5.41, 5.74) is 13.0. The Kier molecular flexibility index (Phi) is 9.35. The van der Waals surface area contributed by atoms with Crippen LogP contribution in [0.1, 0.15) is 24.0 Å². The molecule has 2 aromatic heterocycles. The van der Waals surface area contributed by atoms with E-state index in [1.54, 1.807) is 25.6 Å². The van der Waals surface area contributed by atoms with Crippen molar-refractivity contribution < 1.29 is 4.74 Å². The van der Waals surface area contributed by atoms with Gasteiger partial charge in [0.05, 0.1) is 7.11 Å². The van der Waals surface area contributed by atoms with Crippen LogP contribution in [0.25, 0.3) is 0 Å². The summed E-state index contributed by atoms with van der Waals surface area (Å²) in [6, 6.07) is 7.43. The number of rotatable bonds is 7. The van der Waals surface area contributed by atoms with E-state index in [0.29, 0.717) is 12.4 Å². The maximum Gasteiger partial charge on any atom is 0.248 e. The standard InChI is InChI=1S/C9H14N2O.C8H12N2O/c1-12-9-7-8(3-2-5-10)4-6-11-9;9-4-1-2-7-3-5-10-8(11)6-7/h4,6-7H,2-3,5,10H2,1H3;3,5-6H,1-2,4,9H2,(H,10,11). The van der Waals surface area contributed by atoms with Gasteiger partial charge in [-0.1, -0.05) is 0 Å². The molecule has 2 heterocycles. The Balaban J connectivity index is 0.000000231. The van der Waals surface area contributed by atoms with Crippen molar-refractivity contribution in [3.63, 3.8) is 0 Å². The Hall–Kier alpha value is -2.18. The highest BCUT2D eigenvalue weighted by Crippen LogP contribution is 2.09. The third-order valence-corrected chi connectivity index (χ3v) is 3.19. The van der Waals surface area contributed by atoms with E-state index in [4.69, 9.17) is 16.2 Å². The van der Waals surface area contributed by atoms with Crippen LogP contribution in [0.5, 0.6) is 5.88 Å². The van der Waals surface area contributed by atoms with Gasteiger partial charge >= 0.3 is 0 Å². The first-order valence-electron chi connectivity index (χ1n) is 7.76. The minimum atomic E-state index is -0.0421. The van der Waals surface area contributed by atoms with Crippen LogP contribution >= 0.6 is 0 Å². The van der Waals surface area contributed by atoms with Crippen molar-refractivity contribution in [3.8, 4) is 5.88 Å². The average Bonchev–Trinajstić information content (AvgIpc) is 2.59. The van der Waals surface area contributed by atoms with Crippen LogP contribution in [0.4, 0.5) is 0 Å². The molecule has 126 valence electrons. The van der Waals surface area contributed by atoms with Crippen molar-refractivity contribution in [1.82, 2.24) is 9.97 Å². The van der Waals surface area contributed by atoms with E-state index >= 15 is 0 Å². The molecule has 0 spiro atoms. The van der Waals surface area contributed by atoms with Gasteiger partial charge in [-0.2, -0.15) is 0 Å². The van der Waals surface area contributed by atoms with Gasteiger partial charge in [0.25, 0.3) is 0 Å². The van der Waals surface area contributed by atoms with E-state index < -0.39 is 0 Å². The number of H-pyrrole nitrogens is 1. The van der Waals surface area contributed by atoms with Crippen molar-refractivity contribution >= 4 is 0 Å². The van der Waals surface area contributed by atoms with Crippen molar-refractivity contribution in [2.24, 2.45) is 11.5 Å². The van der Waals surface area contributed by atoms with Gasteiger partial charge in [0.2, 0.25) is 11.4 Å². The van der Waals surface area contributed by atoms with Gasteiger partial charge in [-0.15, -0.1) is 0 Å². The molecule has 0 aliphatic heterocycles. The molecule has 2 aromatic rings. The number of aromatic amines is 1. The molecule has 23 heavy (non-hydrogen) atoms. The summed E-state index contributed by atoms with van der Waals surface area (Å²) >= 11 is 0. The Labute approximate surface area is 136 Å². The molecule has 0 unspecified atom stereocenters. The quantitative estimate of drug-likeness (QED) is 0.712. The fourth-order valence-corrected chi connectivity index (χ4v) is 1.97. The van der Waals surface area contributed by atoms with Gasteiger partial charge in [0.15, 0.2) is 0 Å². The largest absolute Gasteiger partial charge is 0.481 e. The number of ether oxygens (including phenoxy) is 1. The van der Waals surface area contributed by atoms with Gasteiger partial charge < -0.3 is 21.2 Å². The predicted octanol–water partition coefficient (Wildman–Crippen LogP) is 1.25. The molecule has 6 nitrogen and oxygen atoms in total. The fraction of sp³-hybridized carbons (Fsp3) is 0.412. The van der Waals surface area contributed by atoms with Crippen LogP contribution in [-0.4, -0.2) is 30.2 Å². The Morgan fingerprint density at radius 3 is 2.30 bits per heavy atom. The lowest BCUT2D eigenvalue weighted by atomic mass is 10.1. The lowest BCUT2D eigenvalue weighted by Crippen LogP contribution is -2.06. The minimum absolute atomic E-state index is 0.0421. The van der Waals surface area contributed by atoms with Gasteiger partial charge in [-0.3, -0.25) is 4.79 Å². The van der Waals surface area contributed by atoms with E-state index in [2.05, 4.69) is 9.97 Å². The molecule has 0 aliphatic carbocycles. The highest BCUT2D eigenvalue weighted by atomic mass is 16.5. The van der Waals surface area contributed by atoms with Gasteiger partial charge in [0.1, 0.15) is 0 Å². The van der Waals surface area contributed by atoms with Crippen LogP contribution in [-0.2, 0) is 12.8 Å². The summed E-state index contributed by atoms with van der Waals surface area (Å²) in [7, 11) is 1.62. The molecule has 0 atom stereocenters. The molecule has 0 saturated heterocycles. The number of pyridine rings is 2. The predicted molar refractivity (Wildman–Crippen MR) is 92.6 cm³/mol. The van der Waals surface area contributed by atoms with E-state index in [0.717, 1.165) is 37.8 Å². The number of hydrogen-bond acceptors (Lipinski definition) is 5. The summed E-state index contributed by atoms with van der Waals surface area (Å²) in [6.07, 6.45) is 7.24. The molecule has 0 saturated carbocycles. The first-order valence-corrected chi connectivity index (χ1v) is 7.76. The maximum atomic E-state index is 10.8. The molecule has 0 aromatic carbocycles. The average molecular weight is 318 g/mol. The second kappa shape index (κ2) is 11.4. The van der Waals surface area contributed by atoms with E-state index in [1.807, 2.05) is 18.2 Å². The van der Waals surface area contributed by atoms with E-state index in [9.17, 15) is 4.79 Å². The summed E-state index contributed by atoms with van der Waals surface area (Å²) < 4.78 is 4.99. The Morgan fingerprint density at radius 2 is 1.74 bits per heavy atom. The SMILES string of the molecule is COc1cc(CCCN)ccn1.NCCCc1cc[nH]c(=O)c1. The van der Waals surface area contributed by atoms with E-state index in [-0.39, 0.29) is 5.56 Å². The highest BCUT2D eigenvalue weighted by molar-refractivity contribution is 5.20. The molecule has 0 fully saturated rings. The zero-order valence-electron chi connectivity index (χ0n) is 13.6. The lowest BCUT2D eigenvalue weighted by Gasteiger charge is -2.01.